The summed E-state index contributed by atoms with van der Waals surface area (Å²) in [6.07, 6.45) is 72.1. The number of amides is 1. The van der Waals surface area contributed by atoms with E-state index in [1.165, 1.54) is 122 Å². The molecule has 0 bridgehead atoms. The highest BCUT2D eigenvalue weighted by atomic mass is 16.5. The molecule has 0 aromatic rings. The first-order valence-corrected chi connectivity index (χ1v) is 28.0. The molecule has 0 heterocycles. The van der Waals surface area contributed by atoms with E-state index in [4.69, 9.17) is 4.74 Å². The number of esters is 1. The summed E-state index contributed by atoms with van der Waals surface area (Å²) in [7, 11) is 0. The smallest absolute Gasteiger partial charge is 0.306 e. The van der Waals surface area contributed by atoms with E-state index < -0.39 is 18.2 Å². The normalized spacial score (nSPS) is 13.9. The maximum atomic E-state index is 13.2. The zero-order chi connectivity index (χ0) is 48.8. The summed E-state index contributed by atoms with van der Waals surface area (Å²) in [5, 5.41) is 23.8. The number of carbonyl (C=O) groups excluding carboxylic acids is 2. The fourth-order valence-electron chi connectivity index (χ4n) is 7.95. The van der Waals surface area contributed by atoms with Crippen LogP contribution >= 0.6 is 0 Å². The van der Waals surface area contributed by atoms with E-state index in [1.807, 2.05) is 6.08 Å². The van der Waals surface area contributed by atoms with Crippen molar-refractivity contribution >= 4 is 11.9 Å². The molecule has 0 aliphatic heterocycles. The molecule has 0 aliphatic rings. The van der Waals surface area contributed by atoms with Crippen LogP contribution in [-0.2, 0) is 14.3 Å². The number of hydrogen-bond donors (Lipinski definition) is 3. The van der Waals surface area contributed by atoms with Gasteiger partial charge in [-0.2, -0.15) is 0 Å². The SMILES string of the molecule is CC/C=C\C/C=C\C/C=C\C/C=C\C/C=C\C/C=C\C(CC(=O)NC(CO)C(O)CCCCCCCCCCCCCCCCC)OC(=O)CCCCC/C=C/C=C/CCCCCCCCC. The molecule has 0 aromatic heterocycles. The van der Waals surface area contributed by atoms with Gasteiger partial charge < -0.3 is 20.3 Å². The van der Waals surface area contributed by atoms with E-state index in [0.29, 0.717) is 19.3 Å². The Morgan fingerprint density at radius 1 is 0.478 bits per heavy atom. The zero-order valence-corrected chi connectivity index (χ0v) is 43.8. The van der Waals surface area contributed by atoms with Crippen molar-refractivity contribution in [1.82, 2.24) is 5.32 Å². The van der Waals surface area contributed by atoms with Crippen LogP contribution in [0.2, 0.25) is 0 Å². The van der Waals surface area contributed by atoms with Gasteiger partial charge in [-0.1, -0.05) is 253 Å². The molecule has 3 unspecified atom stereocenters. The van der Waals surface area contributed by atoms with E-state index in [0.717, 1.165) is 83.5 Å². The van der Waals surface area contributed by atoms with Crippen molar-refractivity contribution < 1.29 is 24.5 Å². The van der Waals surface area contributed by atoms with E-state index in [-0.39, 0.29) is 24.9 Å². The van der Waals surface area contributed by atoms with Crippen LogP contribution in [0.4, 0.5) is 0 Å². The van der Waals surface area contributed by atoms with E-state index in [9.17, 15) is 19.8 Å². The predicted molar refractivity (Wildman–Crippen MR) is 291 cm³/mol. The van der Waals surface area contributed by atoms with Crippen molar-refractivity contribution in [2.45, 2.75) is 270 Å². The molecular formula is C61H105NO5. The van der Waals surface area contributed by atoms with Crippen LogP contribution < -0.4 is 5.32 Å². The Balaban J connectivity index is 4.79. The maximum Gasteiger partial charge on any atom is 0.306 e. The molecule has 6 nitrogen and oxygen atoms in total. The van der Waals surface area contributed by atoms with Crippen LogP contribution in [0.25, 0.3) is 0 Å². The van der Waals surface area contributed by atoms with Crippen LogP contribution in [-0.4, -0.2) is 46.9 Å². The van der Waals surface area contributed by atoms with Crippen LogP contribution in [0.5, 0.6) is 0 Å². The summed E-state index contributed by atoms with van der Waals surface area (Å²) in [4.78, 5) is 26.2. The number of aliphatic hydroxyl groups excluding tert-OH is 2. The van der Waals surface area contributed by atoms with Crippen molar-refractivity contribution in [3.8, 4) is 0 Å². The average Bonchev–Trinajstić information content (AvgIpc) is 3.32. The topological polar surface area (TPSA) is 95.9 Å². The molecule has 6 heteroatoms. The summed E-state index contributed by atoms with van der Waals surface area (Å²) in [6.45, 7) is 6.33. The van der Waals surface area contributed by atoms with Gasteiger partial charge in [0.2, 0.25) is 5.91 Å². The molecule has 0 aromatic carbocycles. The average molecular weight is 933 g/mol. The zero-order valence-electron chi connectivity index (χ0n) is 43.8. The second-order valence-electron chi connectivity index (χ2n) is 18.6. The molecule has 384 valence electrons. The Morgan fingerprint density at radius 3 is 1.30 bits per heavy atom. The number of hydrogen-bond acceptors (Lipinski definition) is 5. The summed E-state index contributed by atoms with van der Waals surface area (Å²) in [5.74, 6) is -0.664. The van der Waals surface area contributed by atoms with Gasteiger partial charge in [-0.3, -0.25) is 9.59 Å². The highest BCUT2D eigenvalue weighted by Gasteiger charge is 2.23. The third-order valence-electron chi connectivity index (χ3n) is 12.2. The quantitative estimate of drug-likeness (QED) is 0.0244. The fourth-order valence-corrected chi connectivity index (χ4v) is 7.95. The molecule has 0 saturated heterocycles. The molecule has 67 heavy (non-hydrogen) atoms. The first-order chi connectivity index (χ1) is 33.0. The van der Waals surface area contributed by atoms with Gasteiger partial charge in [-0.05, 0) is 83.1 Å². The Morgan fingerprint density at radius 2 is 0.866 bits per heavy atom. The van der Waals surface area contributed by atoms with Crippen molar-refractivity contribution in [3.63, 3.8) is 0 Å². The number of carbonyl (C=O) groups is 2. The summed E-state index contributed by atoms with van der Waals surface area (Å²) in [5.41, 5.74) is 0. The van der Waals surface area contributed by atoms with Gasteiger partial charge >= 0.3 is 5.97 Å². The first-order valence-electron chi connectivity index (χ1n) is 28.0. The minimum atomic E-state index is -0.830. The highest BCUT2D eigenvalue weighted by molar-refractivity contribution is 5.78. The molecule has 1 amide bonds. The molecule has 0 rings (SSSR count). The van der Waals surface area contributed by atoms with Crippen LogP contribution in [0.15, 0.2) is 97.2 Å². The fraction of sp³-hybridized carbons (Fsp3) is 0.705. The lowest BCUT2D eigenvalue weighted by Gasteiger charge is -2.23. The molecule has 0 spiro atoms. The molecular weight excluding hydrogens is 827 g/mol. The largest absolute Gasteiger partial charge is 0.458 e. The number of ether oxygens (including phenoxy) is 1. The van der Waals surface area contributed by atoms with Crippen LogP contribution in [0.3, 0.4) is 0 Å². The molecule has 0 fully saturated rings. The Hall–Kier alpha value is -3.22. The number of aliphatic hydroxyl groups is 2. The number of rotatable bonds is 49. The van der Waals surface area contributed by atoms with Gasteiger partial charge in [-0.25, -0.2) is 0 Å². The van der Waals surface area contributed by atoms with Gasteiger partial charge in [0.25, 0.3) is 0 Å². The third-order valence-corrected chi connectivity index (χ3v) is 12.2. The lowest BCUT2D eigenvalue weighted by atomic mass is 10.0. The Labute approximate surface area is 414 Å². The van der Waals surface area contributed by atoms with Gasteiger partial charge in [0.1, 0.15) is 6.10 Å². The standard InChI is InChI=1S/C61H105NO5/c1-4-7-10-13-16-19-22-25-28-30-32-34-37-40-43-46-49-52-57(67-61(66)54-51-48-45-42-39-36-33-29-26-23-20-17-14-11-8-5-2)55-60(65)62-58(56-63)59(64)53-50-47-44-41-38-35-31-27-24-21-18-15-12-9-6-3/h7,10,16,19,25,28-29,32-34,36,39-40,43,49,52,57-59,63-64H,4-6,8-9,11-15,17-18,20-24,26-27,30-31,35,37-38,41-42,44-48,50-51,53-56H2,1-3H3,(H,62,65)/b10-7-,19-16-,28-25-,33-29+,34-32-,39-36+,43-40-,52-49-. The molecule has 0 radical (unpaired) electrons. The number of allylic oxidation sites excluding steroid dienone is 15. The number of unbranched alkanes of at least 4 members (excludes halogenated alkanes) is 24. The predicted octanol–water partition coefficient (Wildman–Crippen LogP) is 17.3. The second kappa shape index (κ2) is 53.7. The van der Waals surface area contributed by atoms with Crippen LogP contribution in [0, 0.1) is 0 Å². The minimum absolute atomic E-state index is 0.0621. The lowest BCUT2D eigenvalue weighted by Crippen LogP contribution is -2.46. The van der Waals surface area contributed by atoms with Gasteiger partial charge in [-0.15, -0.1) is 0 Å². The van der Waals surface area contributed by atoms with Crippen molar-refractivity contribution in [2.75, 3.05) is 6.61 Å². The third kappa shape index (κ3) is 49.0. The molecule has 0 saturated carbocycles. The summed E-state index contributed by atoms with van der Waals surface area (Å²) in [6, 6.07) is -0.754. The van der Waals surface area contributed by atoms with Crippen molar-refractivity contribution in [3.05, 3.63) is 97.2 Å². The highest BCUT2D eigenvalue weighted by Crippen LogP contribution is 2.16. The van der Waals surface area contributed by atoms with E-state index >= 15 is 0 Å². The van der Waals surface area contributed by atoms with Gasteiger partial charge in [0.05, 0.1) is 25.2 Å². The second-order valence-corrected chi connectivity index (χ2v) is 18.6. The van der Waals surface area contributed by atoms with E-state index in [1.54, 1.807) is 6.08 Å². The molecule has 3 atom stereocenters. The van der Waals surface area contributed by atoms with Crippen LogP contribution in [0.1, 0.15) is 252 Å². The Kier molecular flexibility index (Phi) is 51.1. The monoisotopic (exact) mass is 932 g/mol. The number of nitrogens with one attached hydrogen (secondary N) is 1. The van der Waals surface area contributed by atoms with Gasteiger partial charge in [0, 0.05) is 6.42 Å². The summed E-state index contributed by atoms with van der Waals surface area (Å²) < 4.78 is 5.83. The van der Waals surface area contributed by atoms with Crippen molar-refractivity contribution in [2.24, 2.45) is 0 Å². The summed E-state index contributed by atoms with van der Waals surface area (Å²) >= 11 is 0. The molecule has 3 N–H and O–H groups in total. The minimum Gasteiger partial charge on any atom is -0.458 e. The maximum absolute atomic E-state index is 13.2. The van der Waals surface area contributed by atoms with E-state index in [2.05, 4.69) is 111 Å². The molecule has 0 aliphatic carbocycles. The van der Waals surface area contributed by atoms with Gasteiger partial charge in [0.15, 0.2) is 0 Å². The first kappa shape index (κ1) is 63.8. The Bertz CT molecular complexity index is 1320. The van der Waals surface area contributed by atoms with Crippen molar-refractivity contribution in [1.29, 1.82) is 0 Å². The lowest BCUT2D eigenvalue weighted by molar-refractivity contribution is -0.148.